The van der Waals surface area contributed by atoms with Crippen molar-refractivity contribution in [3.8, 4) is 6.07 Å². The zero-order valence-corrected chi connectivity index (χ0v) is 8.20. The van der Waals surface area contributed by atoms with Crippen molar-refractivity contribution < 1.29 is 0 Å². The molecule has 0 saturated carbocycles. The van der Waals surface area contributed by atoms with Gasteiger partial charge in [-0.15, -0.1) is 0 Å². The molecule has 1 heterocycles. The normalized spacial score (nSPS) is 10.3. The van der Waals surface area contributed by atoms with Crippen LogP contribution < -0.4 is 0 Å². The minimum Gasteiger partial charge on any atom is -0.346 e. The first kappa shape index (κ1) is 8.83. The van der Waals surface area contributed by atoms with E-state index in [4.69, 9.17) is 5.26 Å². The summed E-state index contributed by atoms with van der Waals surface area (Å²) in [7, 11) is 0. The lowest BCUT2D eigenvalue weighted by atomic mass is 10.2. The maximum Gasteiger partial charge on any atom is 0.0640 e. The smallest absolute Gasteiger partial charge is 0.0640 e. The summed E-state index contributed by atoms with van der Waals surface area (Å²) in [6.07, 6.45) is 2.61. The Labute approximate surface area is 83.4 Å². The van der Waals surface area contributed by atoms with Gasteiger partial charge in [0.05, 0.1) is 12.5 Å². The van der Waals surface area contributed by atoms with Crippen LogP contribution in [0.15, 0.2) is 30.5 Å². The highest BCUT2D eigenvalue weighted by Gasteiger charge is 1.99. The van der Waals surface area contributed by atoms with Gasteiger partial charge in [0.25, 0.3) is 0 Å². The Balaban J connectivity index is 2.43. The van der Waals surface area contributed by atoms with Crippen LogP contribution in [0.25, 0.3) is 10.9 Å². The molecular formula is C12H12N2. The third-order valence-electron chi connectivity index (χ3n) is 2.39. The predicted octanol–water partition coefficient (Wildman–Crippen LogP) is 2.86. The molecule has 2 heteroatoms. The van der Waals surface area contributed by atoms with E-state index >= 15 is 0 Å². The summed E-state index contributed by atoms with van der Waals surface area (Å²) in [6.45, 7) is 2.87. The number of rotatable bonds is 2. The molecule has 70 valence electrons. The molecule has 0 fully saturated rings. The van der Waals surface area contributed by atoms with Gasteiger partial charge in [0.2, 0.25) is 0 Å². The van der Waals surface area contributed by atoms with Gasteiger partial charge >= 0.3 is 0 Å². The molecule has 0 aliphatic heterocycles. The summed E-state index contributed by atoms with van der Waals surface area (Å²) in [5.74, 6) is 0. The highest BCUT2D eigenvalue weighted by atomic mass is 14.9. The molecule has 2 nitrogen and oxygen atoms in total. The molecule has 0 bridgehead atoms. The van der Waals surface area contributed by atoms with E-state index in [1.54, 1.807) is 0 Å². The van der Waals surface area contributed by atoms with Crippen molar-refractivity contribution in [1.82, 2.24) is 4.57 Å². The van der Waals surface area contributed by atoms with Crippen molar-refractivity contribution in [2.24, 2.45) is 0 Å². The van der Waals surface area contributed by atoms with E-state index in [1.165, 1.54) is 16.5 Å². The first-order valence-electron chi connectivity index (χ1n) is 4.74. The SMILES string of the molecule is Cc1ccc2c(ccn2CCC#N)c1. The Kier molecular flexibility index (Phi) is 2.24. The van der Waals surface area contributed by atoms with Crippen LogP contribution in [-0.2, 0) is 6.54 Å². The van der Waals surface area contributed by atoms with Gasteiger partial charge < -0.3 is 4.57 Å². The van der Waals surface area contributed by atoms with Crippen molar-refractivity contribution >= 4 is 10.9 Å². The topological polar surface area (TPSA) is 28.7 Å². The van der Waals surface area contributed by atoms with Gasteiger partial charge in [-0.25, -0.2) is 0 Å². The van der Waals surface area contributed by atoms with Crippen LogP contribution in [0.2, 0.25) is 0 Å². The van der Waals surface area contributed by atoms with Crippen molar-refractivity contribution in [2.45, 2.75) is 19.9 Å². The maximum atomic E-state index is 8.52. The second kappa shape index (κ2) is 3.55. The Morgan fingerprint density at radius 2 is 2.21 bits per heavy atom. The van der Waals surface area contributed by atoms with Crippen molar-refractivity contribution in [3.63, 3.8) is 0 Å². The summed E-state index contributed by atoms with van der Waals surface area (Å²) in [5.41, 5.74) is 2.49. The third-order valence-corrected chi connectivity index (χ3v) is 2.39. The van der Waals surface area contributed by atoms with Gasteiger partial charge in [-0.2, -0.15) is 5.26 Å². The summed E-state index contributed by atoms with van der Waals surface area (Å²) in [4.78, 5) is 0. The minimum atomic E-state index is 0.567. The van der Waals surface area contributed by atoms with Crippen LogP contribution in [0.4, 0.5) is 0 Å². The zero-order chi connectivity index (χ0) is 9.97. The molecule has 0 aliphatic rings. The number of aromatic nitrogens is 1. The number of hydrogen-bond acceptors (Lipinski definition) is 1. The average Bonchev–Trinajstić information content (AvgIpc) is 2.57. The van der Waals surface area contributed by atoms with Gasteiger partial charge in [-0.05, 0) is 30.5 Å². The molecule has 1 aromatic carbocycles. The standard InChI is InChI=1S/C12H12N2/c1-10-3-4-12-11(9-10)5-8-14(12)7-2-6-13/h3-5,8-9H,2,7H2,1H3. The molecule has 0 amide bonds. The zero-order valence-electron chi connectivity index (χ0n) is 8.20. The van der Waals surface area contributed by atoms with E-state index in [0.29, 0.717) is 6.42 Å². The van der Waals surface area contributed by atoms with Gasteiger partial charge in [0.1, 0.15) is 0 Å². The fraction of sp³-hybridized carbons (Fsp3) is 0.250. The molecule has 14 heavy (non-hydrogen) atoms. The lowest BCUT2D eigenvalue weighted by molar-refractivity contribution is 0.744. The minimum absolute atomic E-state index is 0.567. The van der Waals surface area contributed by atoms with Crippen LogP contribution in [0.5, 0.6) is 0 Å². The third kappa shape index (κ3) is 1.49. The number of fused-ring (bicyclic) bond motifs is 1. The summed E-state index contributed by atoms with van der Waals surface area (Å²) in [5, 5.41) is 9.77. The largest absolute Gasteiger partial charge is 0.346 e. The molecule has 2 aromatic rings. The monoisotopic (exact) mass is 184 g/mol. The number of nitriles is 1. The van der Waals surface area contributed by atoms with Gasteiger partial charge in [-0.1, -0.05) is 11.6 Å². The lowest BCUT2D eigenvalue weighted by Gasteiger charge is -2.01. The first-order chi connectivity index (χ1) is 6.81. The lowest BCUT2D eigenvalue weighted by Crippen LogP contribution is -1.94. The van der Waals surface area contributed by atoms with E-state index in [1.807, 2.05) is 6.20 Å². The fourth-order valence-electron chi connectivity index (χ4n) is 1.69. The molecule has 0 unspecified atom stereocenters. The highest BCUT2D eigenvalue weighted by Crippen LogP contribution is 2.17. The second-order valence-corrected chi connectivity index (χ2v) is 3.48. The molecule has 0 aliphatic carbocycles. The van der Waals surface area contributed by atoms with E-state index < -0.39 is 0 Å². The summed E-state index contributed by atoms with van der Waals surface area (Å²) < 4.78 is 2.12. The van der Waals surface area contributed by atoms with Crippen molar-refractivity contribution in [3.05, 3.63) is 36.0 Å². The summed E-state index contributed by atoms with van der Waals surface area (Å²) in [6, 6.07) is 10.6. The van der Waals surface area contributed by atoms with Crippen LogP contribution >= 0.6 is 0 Å². The van der Waals surface area contributed by atoms with Crippen LogP contribution in [0.1, 0.15) is 12.0 Å². The quantitative estimate of drug-likeness (QED) is 0.705. The number of nitrogens with zero attached hydrogens (tertiary/aromatic N) is 2. The van der Waals surface area contributed by atoms with Crippen LogP contribution in [0, 0.1) is 18.3 Å². The van der Waals surface area contributed by atoms with Crippen molar-refractivity contribution in [1.29, 1.82) is 5.26 Å². The van der Waals surface area contributed by atoms with Gasteiger partial charge in [0.15, 0.2) is 0 Å². The molecule has 2 rings (SSSR count). The molecule has 0 atom stereocenters. The number of hydrogen-bond donors (Lipinski definition) is 0. The average molecular weight is 184 g/mol. The van der Waals surface area contributed by atoms with Crippen LogP contribution in [0.3, 0.4) is 0 Å². The molecular weight excluding hydrogens is 172 g/mol. The Morgan fingerprint density at radius 1 is 1.36 bits per heavy atom. The highest BCUT2D eigenvalue weighted by molar-refractivity contribution is 5.80. The van der Waals surface area contributed by atoms with Gasteiger partial charge in [0, 0.05) is 18.3 Å². The molecule has 0 N–H and O–H groups in total. The first-order valence-corrected chi connectivity index (χ1v) is 4.74. The molecule has 1 aromatic heterocycles. The predicted molar refractivity (Wildman–Crippen MR) is 56.9 cm³/mol. The molecule has 0 spiro atoms. The van der Waals surface area contributed by atoms with E-state index in [0.717, 1.165) is 6.54 Å². The maximum absolute atomic E-state index is 8.52. The van der Waals surface area contributed by atoms with Gasteiger partial charge in [-0.3, -0.25) is 0 Å². The van der Waals surface area contributed by atoms with E-state index in [9.17, 15) is 0 Å². The fourth-order valence-corrected chi connectivity index (χ4v) is 1.69. The number of benzene rings is 1. The Hall–Kier alpha value is -1.75. The molecule has 0 saturated heterocycles. The van der Waals surface area contributed by atoms with E-state index in [-0.39, 0.29) is 0 Å². The summed E-state index contributed by atoms with van der Waals surface area (Å²) >= 11 is 0. The van der Waals surface area contributed by atoms with E-state index in [2.05, 4.69) is 41.8 Å². The Morgan fingerprint density at radius 3 is 3.00 bits per heavy atom. The second-order valence-electron chi connectivity index (χ2n) is 3.48. The van der Waals surface area contributed by atoms with Crippen LogP contribution in [-0.4, -0.2) is 4.57 Å². The number of aryl methyl sites for hydroxylation is 2. The Bertz CT molecular complexity index is 488. The molecule has 0 radical (unpaired) electrons. The van der Waals surface area contributed by atoms with Crippen molar-refractivity contribution in [2.75, 3.05) is 0 Å².